The molecule has 0 unspecified atom stereocenters. The van der Waals surface area contributed by atoms with E-state index in [4.69, 9.17) is 32.7 Å². The Morgan fingerprint density at radius 2 is 1.84 bits per heavy atom. The Hall–Kier alpha value is -2.70. The van der Waals surface area contributed by atoms with Crippen molar-refractivity contribution in [1.29, 1.82) is 0 Å². The average Bonchev–Trinajstić information content (AvgIpc) is 3.00. The molecule has 2 aromatic carbocycles. The number of hydrogen-bond donors (Lipinski definition) is 0. The van der Waals surface area contributed by atoms with Crippen molar-refractivity contribution in [2.45, 2.75) is 32.9 Å². The van der Waals surface area contributed by atoms with Crippen LogP contribution in [0, 0.1) is 12.7 Å². The Morgan fingerprint density at radius 3 is 2.55 bits per heavy atom. The van der Waals surface area contributed by atoms with Gasteiger partial charge in [-0.25, -0.2) is 9.07 Å². The molecule has 0 saturated heterocycles. The molecule has 0 atom stereocenters. The van der Waals surface area contributed by atoms with Crippen molar-refractivity contribution < 1.29 is 13.9 Å². The lowest BCUT2D eigenvalue weighted by Gasteiger charge is -2.17. The van der Waals surface area contributed by atoms with Gasteiger partial charge in [0.1, 0.15) is 23.3 Å². The van der Waals surface area contributed by atoms with E-state index in [1.807, 2.05) is 19.1 Å². The zero-order chi connectivity index (χ0) is 22.1. The molecule has 0 saturated carbocycles. The molecule has 1 aliphatic rings. The molecule has 0 fully saturated rings. The van der Waals surface area contributed by atoms with Crippen molar-refractivity contribution in [3.8, 4) is 28.4 Å². The van der Waals surface area contributed by atoms with E-state index in [1.54, 1.807) is 21.5 Å². The summed E-state index contributed by atoms with van der Waals surface area (Å²) in [5, 5.41) is 0.277. The summed E-state index contributed by atoms with van der Waals surface area (Å²) >= 11 is 12.7. The number of fused-ring (bicyclic) bond motifs is 1. The number of halogens is 3. The summed E-state index contributed by atoms with van der Waals surface area (Å²) in [6.07, 6.45) is 3.41. The Labute approximate surface area is 189 Å². The van der Waals surface area contributed by atoms with Crippen LogP contribution in [0.1, 0.15) is 18.4 Å². The van der Waals surface area contributed by atoms with Gasteiger partial charge in [0.25, 0.3) is 5.56 Å². The van der Waals surface area contributed by atoms with Gasteiger partial charge in [0.15, 0.2) is 11.5 Å². The van der Waals surface area contributed by atoms with Gasteiger partial charge in [-0.05, 0) is 49.6 Å². The number of rotatable bonds is 6. The van der Waals surface area contributed by atoms with E-state index in [1.165, 1.54) is 6.07 Å². The highest BCUT2D eigenvalue weighted by atomic mass is 35.5. The first-order chi connectivity index (χ1) is 14.9. The Morgan fingerprint density at radius 1 is 1.10 bits per heavy atom. The van der Waals surface area contributed by atoms with E-state index in [0.717, 1.165) is 24.5 Å². The number of aromatic nitrogens is 2. The van der Waals surface area contributed by atoms with Crippen LogP contribution in [0.25, 0.3) is 11.1 Å². The van der Waals surface area contributed by atoms with Crippen LogP contribution in [-0.2, 0) is 13.1 Å². The van der Waals surface area contributed by atoms with Gasteiger partial charge in [0.05, 0.1) is 10.6 Å². The van der Waals surface area contributed by atoms with Crippen molar-refractivity contribution in [3.63, 3.8) is 0 Å². The van der Waals surface area contributed by atoms with Crippen LogP contribution in [0.5, 0.6) is 17.2 Å². The fourth-order valence-electron chi connectivity index (χ4n) is 3.63. The highest BCUT2D eigenvalue weighted by molar-refractivity contribution is 6.33. The summed E-state index contributed by atoms with van der Waals surface area (Å²) in [5.41, 5.74) is 0.804. The van der Waals surface area contributed by atoms with Crippen LogP contribution in [0.3, 0.4) is 0 Å². The zero-order valence-corrected chi connectivity index (χ0v) is 18.5. The summed E-state index contributed by atoms with van der Waals surface area (Å²) in [4.78, 5) is 12.9. The second-order valence-corrected chi connectivity index (χ2v) is 8.10. The maximum absolute atomic E-state index is 14.9. The van der Waals surface area contributed by atoms with Crippen LogP contribution >= 0.6 is 23.2 Å². The molecular formula is C23H21Cl2FN2O3. The van der Waals surface area contributed by atoms with Gasteiger partial charge in [0.2, 0.25) is 0 Å². The first-order valence-corrected chi connectivity index (χ1v) is 10.7. The Bertz CT molecular complexity index is 1220. The second kappa shape index (κ2) is 8.81. The molecule has 31 heavy (non-hydrogen) atoms. The first-order valence-electron chi connectivity index (χ1n) is 9.91. The number of benzene rings is 2. The van der Waals surface area contributed by atoms with Gasteiger partial charge in [0, 0.05) is 18.7 Å². The molecule has 0 radical (unpaired) electrons. The van der Waals surface area contributed by atoms with Gasteiger partial charge >= 0.3 is 0 Å². The molecular weight excluding hydrogens is 442 g/mol. The van der Waals surface area contributed by atoms with E-state index in [9.17, 15) is 9.18 Å². The molecule has 0 aliphatic carbocycles. The predicted octanol–water partition coefficient (Wildman–Crippen LogP) is 6.22. The first kappa shape index (κ1) is 21.5. The smallest absolute Gasteiger partial charge is 0.276 e. The van der Waals surface area contributed by atoms with Gasteiger partial charge in [-0.15, -0.1) is 0 Å². The third-order valence-electron chi connectivity index (χ3n) is 5.13. The minimum atomic E-state index is -0.646. The van der Waals surface area contributed by atoms with E-state index >= 15 is 0 Å². The molecule has 4 rings (SSSR count). The molecule has 0 amide bonds. The fourth-order valence-corrected chi connectivity index (χ4v) is 4.18. The number of aryl methyl sites for hydroxylation is 1. The molecule has 2 heterocycles. The summed E-state index contributed by atoms with van der Waals surface area (Å²) in [6.45, 7) is 7.03. The summed E-state index contributed by atoms with van der Waals surface area (Å²) < 4.78 is 29.8. The fraction of sp³-hybridized carbons (Fsp3) is 0.261. The number of nitrogens with zero attached hydrogens (tertiary/aromatic N) is 2. The minimum Gasteiger partial charge on any atom is -0.486 e. The molecule has 1 aromatic heterocycles. The van der Waals surface area contributed by atoms with Gasteiger partial charge in [-0.3, -0.25) is 9.48 Å². The normalized spacial score (nSPS) is 13.0. The van der Waals surface area contributed by atoms with Crippen molar-refractivity contribution in [3.05, 3.63) is 74.9 Å². The second-order valence-electron chi connectivity index (χ2n) is 7.34. The minimum absolute atomic E-state index is 0.0458. The van der Waals surface area contributed by atoms with Gasteiger partial charge < -0.3 is 9.47 Å². The Kier molecular flexibility index (Phi) is 6.12. The zero-order valence-electron chi connectivity index (χ0n) is 17.0. The SMILES string of the molecule is C=CCOc1cc(C)ccc1Oc1cc(-c2c(Cl)n3n(c2=O)CCCC3)c(F)cc1Cl. The molecule has 0 N–H and O–H groups in total. The van der Waals surface area contributed by atoms with E-state index in [2.05, 4.69) is 6.58 Å². The van der Waals surface area contributed by atoms with Crippen LogP contribution in [0.15, 0.2) is 47.8 Å². The summed E-state index contributed by atoms with van der Waals surface area (Å²) in [6, 6.07) is 7.96. The van der Waals surface area contributed by atoms with Crippen molar-refractivity contribution >= 4 is 23.2 Å². The molecule has 162 valence electrons. The summed E-state index contributed by atoms with van der Waals surface area (Å²) in [7, 11) is 0. The van der Waals surface area contributed by atoms with Crippen LogP contribution in [-0.4, -0.2) is 16.0 Å². The third kappa shape index (κ3) is 4.10. The van der Waals surface area contributed by atoms with Crippen molar-refractivity contribution in [1.82, 2.24) is 9.36 Å². The lowest BCUT2D eigenvalue weighted by molar-refractivity contribution is 0.340. The van der Waals surface area contributed by atoms with Crippen LogP contribution in [0.2, 0.25) is 10.2 Å². The standard InChI is InChI=1S/C23H21Cl2FN2O3/c1-3-10-30-20-11-14(2)6-7-18(20)31-19-12-15(17(26)13-16(19)24)21-22(25)27-8-4-5-9-28(27)23(21)29/h3,6-7,11-13H,1,4-5,8-10H2,2H3. The molecule has 3 aromatic rings. The molecule has 5 nitrogen and oxygen atoms in total. The van der Waals surface area contributed by atoms with Crippen LogP contribution in [0.4, 0.5) is 4.39 Å². The van der Waals surface area contributed by atoms with Gasteiger partial charge in [-0.2, -0.15) is 0 Å². The topological polar surface area (TPSA) is 45.4 Å². The maximum atomic E-state index is 14.9. The molecule has 1 aliphatic heterocycles. The number of ether oxygens (including phenoxy) is 2. The third-order valence-corrected chi connectivity index (χ3v) is 5.81. The lowest BCUT2D eigenvalue weighted by Crippen LogP contribution is -2.27. The van der Waals surface area contributed by atoms with Crippen molar-refractivity contribution in [2.75, 3.05) is 6.61 Å². The lowest BCUT2D eigenvalue weighted by atomic mass is 10.1. The van der Waals surface area contributed by atoms with Crippen molar-refractivity contribution in [2.24, 2.45) is 0 Å². The highest BCUT2D eigenvalue weighted by Crippen LogP contribution is 2.40. The molecule has 0 spiro atoms. The Balaban J connectivity index is 1.79. The predicted molar refractivity (Wildman–Crippen MR) is 120 cm³/mol. The monoisotopic (exact) mass is 462 g/mol. The van der Waals surface area contributed by atoms with E-state index in [-0.39, 0.29) is 32.6 Å². The average molecular weight is 463 g/mol. The maximum Gasteiger partial charge on any atom is 0.276 e. The van der Waals surface area contributed by atoms with Crippen LogP contribution < -0.4 is 15.0 Å². The highest BCUT2D eigenvalue weighted by Gasteiger charge is 2.25. The van der Waals surface area contributed by atoms with E-state index < -0.39 is 5.82 Å². The van der Waals surface area contributed by atoms with E-state index in [0.29, 0.717) is 31.2 Å². The largest absolute Gasteiger partial charge is 0.486 e. The molecule has 8 heteroatoms. The summed E-state index contributed by atoms with van der Waals surface area (Å²) in [5.74, 6) is 0.451. The number of hydrogen-bond acceptors (Lipinski definition) is 3. The molecule has 0 bridgehead atoms. The van der Waals surface area contributed by atoms with Gasteiger partial charge in [-0.1, -0.05) is 41.9 Å². The quantitative estimate of drug-likeness (QED) is 0.408.